The lowest BCUT2D eigenvalue weighted by Crippen LogP contribution is -2.41. The van der Waals surface area contributed by atoms with E-state index in [0.29, 0.717) is 11.8 Å². The predicted molar refractivity (Wildman–Crippen MR) is 78.1 cm³/mol. The number of nitrogens with zero attached hydrogens (tertiary/aromatic N) is 1. The number of likely N-dealkylation sites (N-methyl/N-ethyl adjacent to an activating group) is 1. The molecule has 0 saturated heterocycles. The predicted octanol–water partition coefficient (Wildman–Crippen LogP) is 2.03. The third kappa shape index (κ3) is 2.39. The number of rotatable bonds is 6. The Hall–Kier alpha value is -1.35. The summed E-state index contributed by atoms with van der Waals surface area (Å²) in [6.07, 6.45) is 0.965. The highest BCUT2D eigenvalue weighted by Gasteiger charge is 2.61. The normalized spacial score (nSPS) is 25.1. The van der Waals surface area contributed by atoms with E-state index < -0.39 is 0 Å². The van der Waals surface area contributed by atoms with Gasteiger partial charge in [-0.15, -0.1) is 0 Å². The molecule has 1 aromatic rings. The molecule has 2 atom stereocenters. The van der Waals surface area contributed by atoms with E-state index >= 15 is 0 Å². The highest BCUT2D eigenvalue weighted by atomic mass is 16.2. The van der Waals surface area contributed by atoms with Gasteiger partial charge in [-0.25, -0.2) is 0 Å². The molecule has 0 aromatic heterocycles. The Morgan fingerprint density at radius 1 is 1.32 bits per heavy atom. The monoisotopic (exact) mass is 260 g/mol. The number of carbonyl (C=O) groups is 1. The van der Waals surface area contributed by atoms with Crippen LogP contribution >= 0.6 is 0 Å². The quantitative estimate of drug-likeness (QED) is 0.849. The molecule has 19 heavy (non-hydrogen) atoms. The maximum Gasteiger partial charge on any atom is 0.233 e. The molecule has 1 aliphatic carbocycles. The van der Waals surface area contributed by atoms with Gasteiger partial charge in [0.2, 0.25) is 5.91 Å². The molecule has 0 heterocycles. The first-order valence-corrected chi connectivity index (χ1v) is 7.20. The zero-order chi connectivity index (χ0) is 13.9. The van der Waals surface area contributed by atoms with Crippen molar-refractivity contribution < 1.29 is 4.79 Å². The minimum Gasteiger partial charge on any atom is -0.342 e. The maximum atomic E-state index is 12.9. The van der Waals surface area contributed by atoms with Crippen molar-refractivity contribution in [1.29, 1.82) is 0 Å². The summed E-state index contributed by atoms with van der Waals surface area (Å²) in [5, 5.41) is 3.21. The van der Waals surface area contributed by atoms with Crippen LogP contribution in [0.25, 0.3) is 0 Å². The number of carbonyl (C=O) groups excluding carboxylic acids is 1. The van der Waals surface area contributed by atoms with E-state index in [0.717, 1.165) is 26.1 Å². The molecule has 1 aliphatic rings. The van der Waals surface area contributed by atoms with E-state index in [2.05, 4.69) is 31.3 Å². The lowest BCUT2D eigenvalue weighted by atomic mass is 9.91. The van der Waals surface area contributed by atoms with E-state index in [1.54, 1.807) is 0 Å². The Balaban J connectivity index is 2.30. The third-order valence-electron chi connectivity index (χ3n) is 4.28. The van der Waals surface area contributed by atoms with E-state index in [-0.39, 0.29) is 5.41 Å². The summed E-state index contributed by atoms with van der Waals surface area (Å²) in [6, 6.07) is 10.3. The van der Waals surface area contributed by atoms with Gasteiger partial charge >= 0.3 is 0 Å². The highest BCUT2D eigenvalue weighted by molar-refractivity contribution is 5.92. The van der Waals surface area contributed by atoms with Gasteiger partial charge < -0.3 is 10.2 Å². The van der Waals surface area contributed by atoms with Gasteiger partial charge in [0.15, 0.2) is 0 Å². The van der Waals surface area contributed by atoms with Crippen LogP contribution in [0.15, 0.2) is 30.3 Å². The second-order valence-electron chi connectivity index (χ2n) is 5.27. The molecular formula is C16H24N2O. The molecule has 0 aliphatic heterocycles. The fraction of sp³-hybridized carbons (Fsp3) is 0.562. The maximum absolute atomic E-state index is 12.9. The minimum atomic E-state index is -0.281. The molecule has 3 nitrogen and oxygen atoms in total. The number of amides is 1. The topological polar surface area (TPSA) is 32.3 Å². The second kappa shape index (κ2) is 5.74. The molecule has 1 amide bonds. The fourth-order valence-corrected chi connectivity index (χ4v) is 3.09. The van der Waals surface area contributed by atoms with Crippen LogP contribution in [0, 0.1) is 5.92 Å². The molecule has 2 rings (SSSR count). The van der Waals surface area contributed by atoms with Crippen LogP contribution in [0.4, 0.5) is 0 Å². The Morgan fingerprint density at radius 2 is 1.95 bits per heavy atom. The van der Waals surface area contributed by atoms with E-state index in [1.165, 1.54) is 5.56 Å². The molecule has 3 heteroatoms. The van der Waals surface area contributed by atoms with Gasteiger partial charge in [-0.3, -0.25) is 4.79 Å². The van der Waals surface area contributed by atoms with Gasteiger partial charge in [-0.2, -0.15) is 0 Å². The zero-order valence-corrected chi connectivity index (χ0v) is 12.1. The fourth-order valence-electron chi connectivity index (χ4n) is 3.09. The second-order valence-corrected chi connectivity index (χ2v) is 5.27. The summed E-state index contributed by atoms with van der Waals surface area (Å²) in [5.41, 5.74) is 0.892. The Labute approximate surface area is 116 Å². The summed E-state index contributed by atoms with van der Waals surface area (Å²) in [4.78, 5) is 14.8. The van der Waals surface area contributed by atoms with Crippen LogP contribution in [-0.4, -0.2) is 37.5 Å². The summed E-state index contributed by atoms with van der Waals surface area (Å²) in [7, 11) is 1.95. The zero-order valence-electron chi connectivity index (χ0n) is 12.1. The first kappa shape index (κ1) is 14.1. The number of hydrogen-bond acceptors (Lipinski definition) is 2. The van der Waals surface area contributed by atoms with Crippen molar-refractivity contribution in [3.05, 3.63) is 35.9 Å². The van der Waals surface area contributed by atoms with Crippen molar-refractivity contribution in [3.63, 3.8) is 0 Å². The SMILES string of the molecule is CCN(CC)C(=O)[C@]1(c2ccccc2)C[C@@H]1CNC. The highest BCUT2D eigenvalue weighted by Crippen LogP contribution is 2.55. The number of hydrogen-bond donors (Lipinski definition) is 1. The minimum absolute atomic E-state index is 0.281. The Kier molecular flexibility index (Phi) is 4.25. The van der Waals surface area contributed by atoms with E-state index in [4.69, 9.17) is 0 Å². The van der Waals surface area contributed by atoms with Crippen molar-refractivity contribution in [1.82, 2.24) is 10.2 Å². The van der Waals surface area contributed by atoms with Crippen molar-refractivity contribution >= 4 is 5.91 Å². The molecule has 1 N–H and O–H groups in total. The van der Waals surface area contributed by atoms with Gasteiger partial charge in [0.1, 0.15) is 0 Å². The summed E-state index contributed by atoms with van der Waals surface area (Å²) in [5.74, 6) is 0.719. The van der Waals surface area contributed by atoms with Gasteiger partial charge in [0, 0.05) is 13.1 Å². The molecule has 1 aromatic carbocycles. The van der Waals surface area contributed by atoms with Crippen molar-refractivity contribution in [3.8, 4) is 0 Å². The largest absolute Gasteiger partial charge is 0.342 e. The van der Waals surface area contributed by atoms with Crippen LogP contribution in [-0.2, 0) is 10.2 Å². The first-order chi connectivity index (χ1) is 9.20. The van der Waals surface area contributed by atoms with Crippen molar-refractivity contribution in [2.24, 2.45) is 5.92 Å². The number of benzene rings is 1. The summed E-state index contributed by atoms with van der Waals surface area (Å²) < 4.78 is 0. The average molecular weight is 260 g/mol. The molecule has 0 bridgehead atoms. The lowest BCUT2D eigenvalue weighted by Gasteiger charge is -2.26. The van der Waals surface area contributed by atoms with Gasteiger partial charge in [-0.1, -0.05) is 30.3 Å². The lowest BCUT2D eigenvalue weighted by molar-refractivity contribution is -0.134. The van der Waals surface area contributed by atoms with Crippen LogP contribution in [0.1, 0.15) is 25.8 Å². The summed E-state index contributed by atoms with van der Waals surface area (Å²) >= 11 is 0. The van der Waals surface area contributed by atoms with Crippen LogP contribution < -0.4 is 5.32 Å². The van der Waals surface area contributed by atoms with Crippen molar-refractivity contribution in [2.75, 3.05) is 26.7 Å². The molecule has 0 radical (unpaired) electrons. The van der Waals surface area contributed by atoms with E-state index in [1.807, 2.05) is 30.1 Å². The van der Waals surface area contributed by atoms with Crippen molar-refractivity contribution in [2.45, 2.75) is 25.7 Å². The first-order valence-electron chi connectivity index (χ1n) is 7.20. The standard InChI is InChI=1S/C16H24N2O/c1-4-18(5-2)15(19)16(11-14(16)12-17-3)13-9-7-6-8-10-13/h6-10,14,17H,4-5,11-12H2,1-3H3/t14-,16+/m1/s1. The Bertz CT molecular complexity index is 428. The third-order valence-corrected chi connectivity index (χ3v) is 4.28. The summed E-state index contributed by atoms with van der Waals surface area (Å²) in [6.45, 7) is 6.58. The average Bonchev–Trinajstić information content (AvgIpc) is 3.17. The van der Waals surface area contributed by atoms with Gasteiger partial charge in [0.05, 0.1) is 5.41 Å². The smallest absolute Gasteiger partial charge is 0.233 e. The van der Waals surface area contributed by atoms with Gasteiger partial charge in [-0.05, 0) is 45.3 Å². The van der Waals surface area contributed by atoms with Crippen LogP contribution in [0.2, 0.25) is 0 Å². The molecule has 0 spiro atoms. The molecule has 104 valence electrons. The van der Waals surface area contributed by atoms with Crippen LogP contribution in [0.5, 0.6) is 0 Å². The van der Waals surface area contributed by atoms with E-state index in [9.17, 15) is 4.79 Å². The number of nitrogens with one attached hydrogen (secondary N) is 1. The Morgan fingerprint density at radius 3 is 2.47 bits per heavy atom. The van der Waals surface area contributed by atoms with Gasteiger partial charge in [0.25, 0.3) is 0 Å². The molecule has 0 unspecified atom stereocenters. The molecule has 1 saturated carbocycles. The molecule has 1 fully saturated rings. The molecular weight excluding hydrogens is 236 g/mol. The van der Waals surface area contributed by atoms with Crippen LogP contribution in [0.3, 0.4) is 0 Å².